The average Bonchev–Trinajstić information content (AvgIpc) is 3.12. The van der Waals surface area contributed by atoms with Crippen molar-refractivity contribution in [2.75, 3.05) is 6.61 Å². The quantitative estimate of drug-likeness (QED) is 0.928. The van der Waals surface area contributed by atoms with Gasteiger partial charge >= 0.3 is 0 Å². The summed E-state index contributed by atoms with van der Waals surface area (Å²) in [6.07, 6.45) is 7.21. The lowest BCUT2D eigenvalue weighted by atomic mass is 9.96. The zero-order chi connectivity index (χ0) is 14.0. The predicted molar refractivity (Wildman–Crippen MR) is 78.9 cm³/mol. The van der Waals surface area contributed by atoms with Gasteiger partial charge in [-0.25, -0.2) is 4.98 Å². The minimum absolute atomic E-state index is 0.0895. The number of carbonyl (C=O) groups is 1. The number of hydrogen-bond donors (Lipinski definition) is 1. The molecule has 5 heteroatoms. The molecule has 1 aromatic rings. The Hall–Kier alpha value is -0.940. The molecule has 1 atom stereocenters. The number of carbonyl (C=O) groups excluding carboxylic acids is 1. The van der Waals surface area contributed by atoms with Gasteiger partial charge in [0.2, 0.25) is 5.91 Å². The summed E-state index contributed by atoms with van der Waals surface area (Å²) in [5.74, 6) is 0.140. The highest BCUT2D eigenvalue weighted by atomic mass is 32.1. The van der Waals surface area contributed by atoms with E-state index in [0.29, 0.717) is 13.0 Å². The van der Waals surface area contributed by atoms with Crippen LogP contribution in [0.3, 0.4) is 0 Å². The van der Waals surface area contributed by atoms with Crippen molar-refractivity contribution in [3.8, 4) is 0 Å². The Morgan fingerprint density at radius 3 is 3.05 bits per heavy atom. The molecule has 1 saturated heterocycles. The molecule has 20 heavy (non-hydrogen) atoms. The Morgan fingerprint density at radius 2 is 2.35 bits per heavy atom. The first-order valence-corrected chi connectivity index (χ1v) is 8.37. The molecule has 1 N–H and O–H groups in total. The molecule has 0 unspecified atom stereocenters. The maximum absolute atomic E-state index is 12.0. The van der Waals surface area contributed by atoms with Crippen LogP contribution in [0, 0.1) is 6.92 Å². The summed E-state index contributed by atoms with van der Waals surface area (Å²) < 4.78 is 5.96. The summed E-state index contributed by atoms with van der Waals surface area (Å²) in [6.45, 7) is 2.68. The third-order valence-corrected chi connectivity index (χ3v) is 5.51. The van der Waals surface area contributed by atoms with Crippen molar-refractivity contribution in [2.45, 2.75) is 63.5 Å². The Bertz CT molecular complexity index is 480. The van der Waals surface area contributed by atoms with Gasteiger partial charge in [-0.05, 0) is 32.6 Å². The highest BCUT2D eigenvalue weighted by molar-refractivity contribution is 7.09. The predicted octanol–water partition coefficient (Wildman–Crippen LogP) is 2.60. The topological polar surface area (TPSA) is 51.2 Å². The van der Waals surface area contributed by atoms with Gasteiger partial charge in [-0.15, -0.1) is 11.3 Å². The number of rotatable bonds is 4. The van der Waals surface area contributed by atoms with Crippen molar-refractivity contribution >= 4 is 17.2 Å². The average molecular weight is 294 g/mol. The van der Waals surface area contributed by atoms with E-state index in [0.717, 1.165) is 18.5 Å². The molecule has 1 amide bonds. The first kappa shape index (κ1) is 14.0. The van der Waals surface area contributed by atoms with Gasteiger partial charge in [0.25, 0.3) is 0 Å². The number of hydrogen-bond acceptors (Lipinski definition) is 4. The Morgan fingerprint density at radius 1 is 1.55 bits per heavy atom. The molecule has 3 rings (SSSR count). The van der Waals surface area contributed by atoms with E-state index < -0.39 is 0 Å². The van der Waals surface area contributed by atoms with E-state index >= 15 is 0 Å². The van der Waals surface area contributed by atoms with Crippen LogP contribution >= 0.6 is 11.3 Å². The summed E-state index contributed by atoms with van der Waals surface area (Å²) in [4.78, 5) is 17.5. The van der Waals surface area contributed by atoms with Crippen molar-refractivity contribution in [1.82, 2.24) is 10.3 Å². The number of nitrogens with zero attached hydrogens (tertiary/aromatic N) is 1. The summed E-state index contributed by atoms with van der Waals surface area (Å²) >= 11 is 1.63. The van der Waals surface area contributed by atoms with Gasteiger partial charge in [-0.2, -0.15) is 0 Å². The molecule has 0 radical (unpaired) electrons. The largest absolute Gasteiger partial charge is 0.373 e. The molecule has 1 spiro atoms. The lowest BCUT2D eigenvalue weighted by molar-refractivity contribution is -0.121. The van der Waals surface area contributed by atoms with Gasteiger partial charge in [-0.3, -0.25) is 4.79 Å². The fourth-order valence-electron chi connectivity index (χ4n) is 3.40. The van der Waals surface area contributed by atoms with Crippen molar-refractivity contribution in [1.29, 1.82) is 0 Å². The van der Waals surface area contributed by atoms with Crippen LogP contribution in [0.5, 0.6) is 0 Å². The number of aryl methyl sites for hydroxylation is 2. The van der Waals surface area contributed by atoms with Crippen LogP contribution < -0.4 is 5.32 Å². The Kier molecular flexibility index (Phi) is 4.08. The second-order valence-electron chi connectivity index (χ2n) is 6.03. The number of nitrogens with one attached hydrogen (secondary N) is 1. The molecule has 1 saturated carbocycles. The number of aromatic nitrogens is 1. The first-order chi connectivity index (χ1) is 9.67. The van der Waals surface area contributed by atoms with E-state index in [1.54, 1.807) is 11.3 Å². The standard InChI is InChI=1S/C15H22N2O2S/c1-11-13(20-10-16-11)4-5-14(18)17-12-8-15(19-9-12)6-2-3-7-15/h10,12H,2-9H2,1H3,(H,17,18)/t12-/m1/s1. The highest BCUT2D eigenvalue weighted by Gasteiger charge is 2.42. The number of thiazole rings is 1. The molecule has 0 aromatic carbocycles. The van der Waals surface area contributed by atoms with Gasteiger partial charge in [0.15, 0.2) is 0 Å². The summed E-state index contributed by atoms with van der Waals surface area (Å²) in [6, 6.07) is 0.211. The van der Waals surface area contributed by atoms with Gasteiger partial charge in [0, 0.05) is 11.3 Å². The summed E-state index contributed by atoms with van der Waals surface area (Å²) in [5, 5.41) is 3.13. The second kappa shape index (κ2) is 5.82. The second-order valence-corrected chi connectivity index (χ2v) is 6.97. The number of ether oxygens (including phenoxy) is 1. The minimum Gasteiger partial charge on any atom is -0.373 e. The van der Waals surface area contributed by atoms with Crippen LogP contribution in [0.2, 0.25) is 0 Å². The van der Waals surface area contributed by atoms with Crippen LogP contribution in [-0.2, 0) is 16.0 Å². The minimum atomic E-state index is 0.0895. The molecule has 1 aliphatic carbocycles. The van der Waals surface area contributed by atoms with Crippen LogP contribution in [0.1, 0.15) is 49.1 Å². The fourth-order valence-corrected chi connectivity index (χ4v) is 4.18. The SMILES string of the molecule is Cc1ncsc1CCC(=O)N[C@H]1COC2(CCCC2)C1. The van der Waals surface area contributed by atoms with Crippen LogP contribution in [0.15, 0.2) is 5.51 Å². The fraction of sp³-hybridized carbons (Fsp3) is 0.733. The van der Waals surface area contributed by atoms with Crippen molar-refractivity contribution < 1.29 is 9.53 Å². The molecule has 4 nitrogen and oxygen atoms in total. The molecule has 2 fully saturated rings. The van der Waals surface area contributed by atoms with Crippen LogP contribution in [0.25, 0.3) is 0 Å². The zero-order valence-corrected chi connectivity index (χ0v) is 12.8. The summed E-state index contributed by atoms with van der Waals surface area (Å²) in [5.41, 5.74) is 2.99. The van der Waals surface area contributed by atoms with Crippen LogP contribution in [0.4, 0.5) is 0 Å². The first-order valence-electron chi connectivity index (χ1n) is 7.49. The molecule has 1 aliphatic heterocycles. The van der Waals surface area contributed by atoms with E-state index in [2.05, 4.69) is 10.3 Å². The van der Waals surface area contributed by atoms with Gasteiger partial charge < -0.3 is 10.1 Å². The lowest BCUT2D eigenvalue weighted by Crippen LogP contribution is -2.36. The third-order valence-electron chi connectivity index (χ3n) is 4.51. The molecular formula is C15H22N2O2S. The van der Waals surface area contributed by atoms with Gasteiger partial charge in [0.05, 0.1) is 29.5 Å². The van der Waals surface area contributed by atoms with Gasteiger partial charge in [0.1, 0.15) is 0 Å². The molecule has 0 bridgehead atoms. The van der Waals surface area contributed by atoms with Gasteiger partial charge in [-0.1, -0.05) is 12.8 Å². The molecule has 110 valence electrons. The van der Waals surface area contributed by atoms with E-state index in [4.69, 9.17) is 4.74 Å². The zero-order valence-electron chi connectivity index (χ0n) is 12.0. The van der Waals surface area contributed by atoms with E-state index in [9.17, 15) is 4.79 Å². The normalized spacial score (nSPS) is 24.4. The maximum Gasteiger partial charge on any atom is 0.220 e. The number of amides is 1. The molecule has 1 aromatic heterocycles. The third kappa shape index (κ3) is 3.04. The van der Waals surface area contributed by atoms with E-state index in [-0.39, 0.29) is 17.6 Å². The van der Waals surface area contributed by atoms with Crippen molar-refractivity contribution in [3.63, 3.8) is 0 Å². The Labute approximate surface area is 123 Å². The smallest absolute Gasteiger partial charge is 0.220 e. The van der Waals surface area contributed by atoms with Crippen molar-refractivity contribution in [2.24, 2.45) is 0 Å². The Balaban J connectivity index is 1.44. The molecule has 2 heterocycles. The van der Waals surface area contributed by atoms with Crippen LogP contribution in [-0.4, -0.2) is 29.1 Å². The highest BCUT2D eigenvalue weighted by Crippen LogP contribution is 2.40. The molecule has 2 aliphatic rings. The monoisotopic (exact) mass is 294 g/mol. The maximum atomic E-state index is 12.0. The van der Waals surface area contributed by atoms with E-state index in [1.165, 1.54) is 30.6 Å². The lowest BCUT2D eigenvalue weighted by Gasteiger charge is -2.21. The summed E-state index contributed by atoms with van der Waals surface area (Å²) in [7, 11) is 0. The molecular weight excluding hydrogens is 272 g/mol. The van der Waals surface area contributed by atoms with Crippen molar-refractivity contribution in [3.05, 3.63) is 16.1 Å². The van der Waals surface area contributed by atoms with E-state index in [1.807, 2.05) is 12.4 Å².